The van der Waals surface area contributed by atoms with Crippen LogP contribution in [0.4, 0.5) is 15.4 Å². The van der Waals surface area contributed by atoms with Gasteiger partial charge in [-0.25, -0.2) is 14.6 Å². The first-order chi connectivity index (χ1) is 12.1. The van der Waals surface area contributed by atoms with Crippen molar-refractivity contribution >= 4 is 28.7 Å². The van der Waals surface area contributed by atoms with Crippen LogP contribution in [0.3, 0.4) is 0 Å². The highest BCUT2D eigenvalue weighted by atomic mass is 16.5. The molecule has 0 fully saturated rings. The van der Waals surface area contributed by atoms with Crippen molar-refractivity contribution in [2.45, 2.75) is 19.9 Å². The average molecular weight is 340 g/mol. The molecule has 0 bridgehead atoms. The highest BCUT2D eigenvalue weighted by molar-refractivity contribution is 5.92. The molecule has 0 aliphatic carbocycles. The largest absolute Gasteiger partial charge is 0.449 e. The Labute approximate surface area is 146 Å². The highest BCUT2D eigenvalue weighted by Gasteiger charge is 2.07. The second-order valence-corrected chi connectivity index (χ2v) is 5.14. The number of nitrogens with one attached hydrogen (secondary N) is 3. The summed E-state index contributed by atoms with van der Waals surface area (Å²) in [6, 6.07) is 7.15. The van der Waals surface area contributed by atoms with Crippen LogP contribution in [0, 0.1) is 12.3 Å². The molecule has 130 valence electrons. The van der Waals surface area contributed by atoms with Crippen molar-refractivity contribution in [3.63, 3.8) is 0 Å². The maximum absolute atomic E-state index is 11.6. The van der Waals surface area contributed by atoms with Gasteiger partial charge in [-0.15, -0.1) is 12.3 Å². The van der Waals surface area contributed by atoms with E-state index in [1.165, 1.54) is 0 Å². The third kappa shape index (κ3) is 5.39. The summed E-state index contributed by atoms with van der Waals surface area (Å²) in [5.74, 6) is 2.86. The first-order valence-electron chi connectivity index (χ1n) is 7.90. The van der Waals surface area contributed by atoms with Crippen LogP contribution in [0.2, 0.25) is 0 Å². The lowest BCUT2D eigenvalue weighted by molar-refractivity contribution is 0.148. The van der Waals surface area contributed by atoms with E-state index in [-0.39, 0.29) is 12.6 Å². The minimum absolute atomic E-state index is 0.189. The molecule has 1 heterocycles. The molecule has 3 N–H and O–H groups in total. The van der Waals surface area contributed by atoms with E-state index in [1.54, 1.807) is 12.3 Å². The number of carbonyl (C=O) groups is 2. The van der Waals surface area contributed by atoms with E-state index in [0.717, 1.165) is 16.3 Å². The van der Waals surface area contributed by atoms with E-state index in [1.807, 2.05) is 25.1 Å². The standard InChI is InChI=1S/C18H20N4O3/c1-3-5-9-25-18(24)21-11-14-8-6-7-13-10-16(20-12-15(13)14)22-17(23)19-4-2/h1,6-8,10,12H,4-5,9,11H2,2H3,(H,21,24)(H2,19,20,22,23). The molecule has 1 aromatic heterocycles. The predicted molar refractivity (Wildman–Crippen MR) is 96.1 cm³/mol. The molecule has 0 radical (unpaired) electrons. The van der Waals surface area contributed by atoms with Crippen molar-refractivity contribution in [1.29, 1.82) is 0 Å². The summed E-state index contributed by atoms with van der Waals surface area (Å²) < 4.78 is 4.94. The van der Waals surface area contributed by atoms with Gasteiger partial charge in [-0.1, -0.05) is 18.2 Å². The van der Waals surface area contributed by atoms with Gasteiger partial charge in [0.25, 0.3) is 0 Å². The number of urea groups is 1. The van der Waals surface area contributed by atoms with Crippen molar-refractivity contribution in [3.8, 4) is 12.3 Å². The van der Waals surface area contributed by atoms with Crippen LogP contribution in [0.5, 0.6) is 0 Å². The Balaban J connectivity index is 2.05. The van der Waals surface area contributed by atoms with Crippen molar-refractivity contribution < 1.29 is 14.3 Å². The van der Waals surface area contributed by atoms with Crippen molar-refractivity contribution in [3.05, 3.63) is 36.0 Å². The van der Waals surface area contributed by atoms with Crippen LogP contribution in [0.1, 0.15) is 18.9 Å². The summed E-state index contributed by atoms with van der Waals surface area (Å²) >= 11 is 0. The van der Waals surface area contributed by atoms with Crippen LogP contribution in [-0.4, -0.2) is 30.3 Å². The lowest BCUT2D eigenvalue weighted by Crippen LogP contribution is -2.28. The van der Waals surface area contributed by atoms with Gasteiger partial charge in [0.05, 0.1) is 0 Å². The SMILES string of the molecule is C#CCCOC(=O)NCc1cccc2cc(NC(=O)NCC)ncc12. The molecule has 0 aliphatic rings. The summed E-state index contributed by atoms with van der Waals surface area (Å²) in [6.07, 6.45) is 6.63. The molecule has 0 aliphatic heterocycles. The summed E-state index contributed by atoms with van der Waals surface area (Å²) in [7, 11) is 0. The number of amides is 3. The number of rotatable bonds is 6. The minimum atomic E-state index is -0.519. The van der Waals surface area contributed by atoms with Crippen LogP contribution in [0.25, 0.3) is 10.8 Å². The lowest BCUT2D eigenvalue weighted by atomic mass is 10.1. The minimum Gasteiger partial charge on any atom is -0.449 e. The fourth-order valence-electron chi connectivity index (χ4n) is 2.20. The van der Waals surface area contributed by atoms with Crippen molar-refractivity contribution in [2.75, 3.05) is 18.5 Å². The monoisotopic (exact) mass is 340 g/mol. The number of pyridine rings is 1. The molecule has 0 spiro atoms. The van der Waals surface area contributed by atoms with E-state index in [4.69, 9.17) is 11.2 Å². The Hall–Kier alpha value is -3.27. The smallest absolute Gasteiger partial charge is 0.407 e. The molecule has 0 saturated heterocycles. The lowest BCUT2D eigenvalue weighted by Gasteiger charge is -2.10. The van der Waals surface area contributed by atoms with E-state index in [0.29, 0.717) is 25.3 Å². The molecule has 7 nitrogen and oxygen atoms in total. The zero-order chi connectivity index (χ0) is 18.1. The fraction of sp³-hybridized carbons (Fsp3) is 0.278. The number of anilines is 1. The molecule has 2 rings (SSSR count). The third-order valence-electron chi connectivity index (χ3n) is 3.34. The molecule has 0 unspecified atom stereocenters. The van der Waals surface area contributed by atoms with Gasteiger partial charge in [0.15, 0.2) is 0 Å². The third-order valence-corrected chi connectivity index (χ3v) is 3.34. The number of nitrogens with zero attached hydrogens (tertiary/aromatic N) is 1. The Morgan fingerprint density at radius 1 is 1.32 bits per heavy atom. The summed E-state index contributed by atoms with van der Waals surface area (Å²) in [5, 5.41) is 9.77. The molecular weight excluding hydrogens is 320 g/mol. The number of ether oxygens (including phenoxy) is 1. The fourth-order valence-corrected chi connectivity index (χ4v) is 2.20. The van der Waals surface area contributed by atoms with E-state index in [2.05, 4.69) is 26.9 Å². The van der Waals surface area contributed by atoms with Gasteiger partial charge >= 0.3 is 12.1 Å². The summed E-state index contributed by atoms with van der Waals surface area (Å²) in [5.41, 5.74) is 0.892. The number of hydrogen-bond acceptors (Lipinski definition) is 4. The first kappa shape index (κ1) is 18.1. The van der Waals surface area contributed by atoms with E-state index >= 15 is 0 Å². The maximum Gasteiger partial charge on any atom is 0.407 e. The second kappa shape index (κ2) is 9.13. The van der Waals surface area contributed by atoms with Crippen molar-refractivity contribution in [2.24, 2.45) is 0 Å². The van der Waals surface area contributed by atoms with Crippen LogP contribution < -0.4 is 16.0 Å². The summed E-state index contributed by atoms with van der Waals surface area (Å²) in [4.78, 5) is 27.4. The molecular formula is C18H20N4O3. The zero-order valence-electron chi connectivity index (χ0n) is 14.0. The molecule has 0 atom stereocenters. The number of benzene rings is 1. The molecule has 1 aromatic carbocycles. The molecule has 0 saturated carbocycles. The maximum atomic E-state index is 11.6. The molecule has 2 aromatic rings. The number of carbonyl (C=O) groups excluding carboxylic acids is 2. The quantitative estimate of drug-likeness (QED) is 0.557. The predicted octanol–water partition coefficient (Wildman–Crippen LogP) is 2.63. The molecule has 3 amide bonds. The van der Waals surface area contributed by atoms with Crippen LogP contribution in [0.15, 0.2) is 30.5 Å². The average Bonchev–Trinajstić information content (AvgIpc) is 2.60. The Morgan fingerprint density at radius 2 is 2.16 bits per heavy atom. The number of hydrogen-bond donors (Lipinski definition) is 3. The van der Waals surface area contributed by atoms with Gasteiger partial charge < -0.3 is 15.4 Å². The second-order valence-electron chi connectivity index (χ2n) is 5.14. The number of alkyl carbamates (subject to hydrolysis) is 1. The van der Waals surface area contributed by atoms with Crippen LogP contribution >= 0.6 is 0 Å². The topological polar surface area (TPSA) is 92.4 Å². The van der Waals surface area contributed by atoms with E-state index in [9.17, 15) is 9.59 Å². The van der Waals surface area contributed by atoms with Crippen LogP contribution in [-0.2, 0) is 11.3 Å². The van der Waals surface area contributed by atoms with Gasteiger partial charge in [-0.05, 0) is 23.9 Å². The zero-order valence-corrected chi connectivity index (χ0v) is 14.0. The van der Waals surface area contributed by atoms with Gasteiger partial charge in [0, 0.05) is 31.1 Å². The number of terminal acetylenes is 1. The molecule has 7 heteroatoms. The Morgan fingerprint density at radius 3 is 2.92 bits per heavy atom. The normalized spacial score (nSPS) is 9.92. The first-order valence-corrected chi connectivity index (χ1v) is 7.90. The Kier molecular flexibility index (Phi) is 6.60. The summed E-state index contributed by atoms with van der Waals surface area (Å²) in [6.45, 7) is 2.86. The van der Waals surface area contributed by atoms with Gasteiger partial charge in [-0.3, -0.25) is 5.32 Å². The van der Waals surface area contributed by atoms with Gasteiger partial charge in [0.1, 0.15) is 12.4 Å². The van der Waals surface area contributed by atoms with E-state index < -0.39 is 6.09 Å². The number of aromatic nitrogens is 1. The van der Waals surface area contributed by atoms with Gasteiger partial charge in [-0.2, -0.15) is 0 Å². The Bertz CT molecular complexity index is 798. The van der Waals surface area contributed by atoms with Gasteiger partial charge in [0.2, 0.25) is 0 Å². The number of fused-ring (bicyclic) bond motifs is 1. The highest BCUT2D eigenvalue weighted by Crippen LogP contribution is 2.20. The van der Waals surface area contributed by atoms with Crippen molar-refractivity contribution in [1.82, 2.24) is 15.6 Å². The molecule has 25 heavy (non-hydrogen) atoms.